The molecule has 0 fully saturated rings. The van der Waals surface area contributed by atoms with E-state index in [1.54, 1.807) is 12.1 Å². The number of rotatable bonds is 14. The van der Waals surface area contributed by atoms with Crippen molar-refractivity contribution in [2.75, 3.05) is 13.2 Å². The first-order valence-corrected chi connectivity index (χ1v) is 13.9. The summed E-state index contributed by atoms with van der Waals surface area (Å²) in [6.07, 6.45) is 2.50. The van der Waals surface area contributed by atoms with Crippen LogP contribution in [0.15, 0.2) is 71.3 Å². The second-order valence-corrected chi connectivity index (χ2v) is 10.1. The van der Waals surface area contributed by atoms with Gasteiger partial charge in [-0.2, -0.15) is 4.98 Å². The summed E-state index contributed by atoms with van der Waals surface area (Å²) in [7, 11) is 0. The summed E-state index contributed by atoms with van der Waals surface area (Å²) in [6, 6.07) is 17.5. The maximum Gasteiger partial charge on any atom is 0.254 e. The van der Waals surface area contributed by atoms with Crippen LogP contribution >= 0.6 is 23.2 Å². The molecule has 0 aliphatic rings. The Balaban J connectivity index is 1.34. The van der Waals surface area contributed by atoms with Gasteiger partial charge in [-0.1, -0.05) is 58.7 Å². The number of ketones is 1. The van der Waals surface area contributed by atoms with Crippen LogP contribution in [0.25, 0.3) is 0 Å². The fourth-order valence-corrected chi connectivity index (χ4v) is 4.41. The second kappa shape index (κ2) is 14.7. The molecule has 1 aromatic heterocycles. The van der Waals surface area contributed by atoms with Gasteiger partial charge in [-0.15, -0.1) is 0 Å². The third kappa shape index (κ3) is 8.60. The molecule has 1 atom stereocenters. The third-order valence-corrected chi connectivity index (χ3v) is 7.04. The van der Waals surface area contributed by atoms with E-state index in [1.807, 2.05) is 36.4 Å². The molecule has 3 N–H and O–H groups in total. The zero-order valence-corrected chi connectivity index (χ0v) is 23.6. The molecule has 4 aromatic rings. The molecule has 41 heavy (non-hydrogen) atoms. The molecule has 1 unspecified atom stereocenters. The Morgan fingerprint density at radius 1 is 1.00 bits per heavy atom. The van der Waals surface area contributed by atoms with Gasteiger partial charge >= 0.3 is 0 Å². The van der Waals surface area contributed by atoms with Crippen molar-refractivity contribution in [1.82, 2.24) is 15.5 Å². The fourth-order valence-electron chi connectivity index (χ4n) is 4.09. The summed E-state index contributed by atoms with van der Waals surface area (Å²) >= 11 is 12.0. The van der Waals surface area contributed by atoms with E-state index in [0.717, 1.165) is 11.1 Å². The van der Waals surface area contributed by atoms with Crippen molar-refractivity contribution in [2.24, 2.45) is 5.73 Å². The van der Waals surface area contributed by atoms with Gasteiger partial charge in [0.05, 0.1) is 34.7 Å². The lowest BCUT2D eigenvalue weighted by Gasteiger charge is -2.16. The highest BCUT2D eigenvalue weighted by Crippen LogP contribution is 2.23. The molecule has 4 rings (SSSR count). The minimum Gasteiger partial charge on any atom is -0.493 e. The maximum absolute atomic E-state index is 14.1. The quantitative estimate of drug-likeness (QED) is 0.138. The smallest absolute Gasteiger partial charge is 0.254 e. The lowest BCUT2D eigenvalue weighted by molar-refractivity contribution is 0.0841. The Kier molecular flexibility index (Phi) is 10.8. The Morgan fingerprint density at radius 3 is 2.49 bits per heavy atom. The van der Waals surface area contributed by atoms with Gasteiger partial charge < -0.3 is 20.3 Å². The molecular formula is C30H29Cl2FN4O4. The zero-order valence-electron chi connectivity index (χ0n) is 22.1. The number of nitrogens with two attached hydrogens (primary N) is 1. The summed E-state index contributed by atoms with van der Waals surface area (Å²) in [6.45, 7) is 0.905. The molecule has 8 nitrogen and oxygen atoms in total. The number of nitrogens with zero attached hydrogens (tertiary/aromatic N) is 2. The van der Waals surface area contributed by atoms with Gasteiger partial charge in [0.1, 0.15) is 11.6 Å². The van der Waals surface area contributed by atoms with Crippen molar-refractivity contribution in [3.8, 4) is 5.75 Å². The van der Waals surface area contributed by atoms with Crippen LogP contribution in [0.2, 0.25) is 10.0 Å². The first kappa shape index (κ1) is 30.2. The predicted octanol–water partition coefficient (Wildman–Crippen LogP) is 5.84. The van der Waals surface area contributed by atoms with Crippen LogP contribution in [0.4, 0.5) is 4.39 Å². The van der Waals surface area contributed by atoms with E-state index in [4.69, 9.17) is 38.2 Å². The van der Waals surface area contributed by atoms with Crippen LogP contribution in [0.1, 0.15) is 57.3 Å². The van der Waals surface area contributed by atoms with Gasteiger partial charge in [-0.05, 0) is 73.3 Å². The number of hydrogen-bond acceptors (Lipinski definition) is 7. The minimum atomic E-state index is -0.959. The Morgan fingerprint density at radius 2 is 1.76 bits per heavy atom. The molecule has 11 heteroatoms. The monoisotopic (exact) mass is 598 g/mol. The number of Topliss-reactive ketones (excluding diaryl/α,β-unsaturated/α-hetero) is 1. The lowest BCUT2D eigenvalue weighted by Crippen LogP contribution is -2.41. The molecular weight excluding hydrogens is 570 g/mol. The van der Waals surface area contributed by atoms with Crippen molar-refractivity contribution < 1.29 is 23.2 Å². The van der Waals surface area contributed by atoms with Crippen LogP contribution in [-0.2, 0) is 12.8 Å². The summed E-state index contributed by atoms with van der Waals surface area (Å²) < 4.78 is 25.2. The molecule has 214 valence electrons. The molecule has 0 saturated carbocycles. The summed E-state index contributed by atoms with van der Waals surface area (Å²) in [5.74, 6) is -1.12. The number of carbonyl (C=O) groups excluding carboxylic acids is 2. The van der Waals surface area contributed by atoms with E-state index in [2.05, 4.69) is 15.5 Å². The lowest BCUT2D eigenvalue weighted by atomic mass is 10.0. The summed E-state index contributed by atoms with van der Waals surface area (Å²) in [5, 5.41) is 7.46. The highest BCUT2D eigenvalue weighted by Gasteiger charge is 2.27. The largest absolute Gasteiger partial charge is 0.493 e. The highest BCUT2D eigenvalue weighted by molar-refractivity contribution is 6.42. The Bertz CT molecular complexity index is 1480. The first-order valence-electron chi connectivity index (χ1n) is 13.1. The standard InChI is InChI=1S/C30H29Cl2FN4O4/c31-23-13-10-20(17-24(23)32)14-16-40-21-11-8-19(9-12-21)18-27-36-29(37-41-27)28(38)26(7-3-4-15-34)35-30(39)22-5-1-2-6-25(22)33/h1-2,5-6,8-13,17,26H,3-4,7,14-16,18,34H2,(H,35,39). The summed E-state index contributed by atoms with van der Waals surface area (Å²) in [5.41, 5.74) is 7.32. The fraction of sp³-hybridized carbons (Fsp3) is 0.267. The van der Waals surface area contributed by atoms with Gasteiger partial charge in [0, 0.05) is 6.42 Å². The third-order valence-electron chi connectivity index (χ3n) is 6.30. The van der Waals surface area contributed by atoms with E-state index in [1.165, 1.54) is 18.2 Å². The topological polar surface area (TPSA) is 120 Å². The highest BCUT2D eigenvalue weighted by atomic mass is 35.5. The van der Waals surface area contributed by atoms with Gasteiger partial charge in [0.15, 0.2) is 0 Å². The predicted molar refractivity (Wildman–Crippen MR) is 154 cm³/mol. The Hall–Kier alpha value is -3.79. The Labute approximate surface area is 247 Å². The average molecular weight is 599 g/mol. The molecule has 0 aliphatic heterocycles. The van der Waals surface area contributed by atoms with Crippen molar-refractivity contribution in [3.05, 3.63) is 111 Å². The van der Waals surface area contributed by atoms with Gasteiger partial charge in [-0.3, -0.25) is 9.59 Å². The van der Waals surface area contributed by atoms with Gasteiger partial charge in [0.2, 0.25) is 17.5 Å². The van der Waals surface area contributed by atoms with Gasteiger partial charge in [-0.25, -0.2) is 4.39 Å². The van der Waals surface area contributed by atoms with Crippen LogP contribution in [0, 0.1) is 5.82 Å². The van der Waals surface area contributed by atoms with E-state index < -0.39 is 23.5 Å². The van der Waals surface area contributed by atoms with Crippen LogP contribution in [0.5, 0.6) is 5.75 Å². The van der Waals surface area contributed by atoms with E-state index in [-0.39, 0.29) is 17.3 Å². The van der Waals surface area contributed by atoms with E-state index in [0.29, 0.717) is 61.1 Å². The van der Waals surface area contributed by atoms with Crippen molar-refractivity contribution >= 4 is 34.9 Å². The SMILES string of the molecule is NCCCCC(NC(=O)c1ccccc1F)C(=O)c1noc(Cc2ccc(OCCc3ccc(Cl)c(Cl)c3)cc2)n1. The number of ether oxygens (including phenoxy) is 1. The number of aromatic nitrogens is 2. The zero-order chi connectivity index (χ0) is 29.2. The molecule has 0 aliphatic carbocycles. The van der Waals surface area contributed by atoms with Crippen LogP contribution in [0.3, 0.4) is 0 Å². The minimum absolute atomic E-state index is 0.153. The van der Waals surface area contributed by atoms with Crippen molar-refractivity contribution in [1.29, 1.82) is 0 Å². The maximum atomic E-state index is 14.1. The number of nitrogens with one attached hydrogen (secondary N) is 1. The van der Waals surface area contributed by atoms with Crippen molar-refractivity contribution in [3.63, 3.8) is 0 Å². The number of halogens is 3. The summed E-state index contributed by atoms with van der Waals surface area (Å²) in [4.78, 5) is 30.1. The number of benzene rings is 3. The molecule has 0 saturated heterocycles. The molecule has 1 heterocycles. The number of unbranched alkanes of at least 4 members (excludes halogenated alkanes) is 1. The van der Waals surface area contributed by atoms with E-state index in [9.17, 15) is 14.0 Å². The molecule has 3 aromatic carbocycles. The molecule has 0 spiro atoms. The normalized spacial score (nSPS) is 11.7. The van der Waals surface area contributed by atoms with Crippen LogP contribution in [-0.4, -0.2) is 41.0 Å². The molecule has 1 amide bonds. The molecule has 0 radical (unpaired) electrons. The van der Waals surface area contributed by atoms with Gasteiger partial charge in [0.25, 0.3) is 5.91 Å². The molecule has 0 bridgehead atoms. The number of amides is 1. The van der Waals surface area contributed by atoms with E-state index >= 15 is 0 Å². The van der Waals surface area contributed by atoms with Crippen LogP contribution < -0.4 is 15.8 Å². The number of carbonyl (C=O) groups is 2. The first-order chi connectivity index (χ1) is 19.8. The number of hydrogen-bond donors (Lipinski definition) is 2. The second-order valence-electron chi connectivity index (χ2n) is 9.33. The van der Waals surface area contributed by atoms with Crippen molar-refractivity contribution in [2.45, 2.75) is 38.1 Å². The average Bonchev–Trinajstić information content (AvgIpc) is 3.43.